The van der Waals surface area contributed by atoms with Gasteiger partial charge in [-0.3, -0.25) is 0 Å². The van der Waals surface area contributed by atoms with Crippen LogP contribution in [0.2, 0.25) is 0 Å². The Hall–Kier alpha value is -0.830. The van der Waals surface area contributed by atoms with Gasteiger partial charge in [0.15, 0.2) is 0 Å². The van der Waals surface area contributed by atoms with Crippen LogP contribution < -0.4 is 5.32 Å². The number of nitrogens with zero attached hydrogens (tertiary/aromatic N) is 1. The minimum Gasteiger partial charge on any atom is -0.444 e. The number of oxazole rings is 1. The Kier molecular flexibility index (Phi) is 2.42. The van der Waals surface area contributed by atoms with Gasteiger partial charge in [0.1, 0.15) is 5.76 Å². The highest BCUT2D eigenvalue weighted by molar-refractivity contribution is 5.27. The molecule has 0 spiro atoms. The first kappa shape index (κ1) is 11.6. The zero-order chi connectivity index (χ0) is 12.1. The van der Waals surface area contributed by atoms with E-state index in [9.17, 15) is 0 Å². The van der Waals surface area contributed by atoms with Crippen molar-refractivity contribution in [3.63, 3.8) is 0 Å². The van der Waals surface area contributed by atoms with Gasteiger partial charge in [-0.2, -0.15) is 0 Å². The molecule has 0 radical (unpaired) electrons. The fourth-order valence-electron chi connectivity index (χ4n) is 2.67. The molecule has 1 unspecified atom stereocenters. The van der Waals surface area contributed by atoms with E-state index in [2.05, 4.69) is 44.9 Å². The Morgan fingerprint density at radius 2 is 1.88 bits per heavy atom. The molecule has 90 valence electrons. The first-order valence-corrected chi connectivity index (χ1v) is 5.95. The lowest BCUT2D eigenvalue weighted by molar-refractivity contribution is 0.397. The summed E-state index contributed by atoms with van der Waals surface area (Å²) in [6.45, 7) is 11.2. The molecule has 2 rings (SSSR count). The zero-order valence-electron chi connectivity index (χ0n) is 11.1. The molecule has 3 nitrogen and oxygen atoms in total. The summed E-state index contributed by atoms with van der Waals surface area (Å²) in [5.74, 6) is 2.31. The highest BCUT2D eigenvalue weighted by atomic mass is 16.4. The van der Waals surface area contributed by atoms with Crippen molar-refractivity contribution in [2.24, 2.45) is 10.8 Å². The van der Waals surface area contributed by atoms with Crippen LogP contribution >= 0.6 is 0 Å². The van der Waals surface area contributed by atoms with Gasteiger partial charge in [-0.25, -0.2) is 4.98 Å². The van der Waals surface area contributed by atoms with E-state index >= 15 is 0 Å². The molecule has 1 saturated carbocycles. The average molecular weight is 222 g/mol. The molecule has 1 aromatic heterocycles. The van der Waals surface area contributed by atoms with Crippen molar-refractivity contribution in [1.82, 2.24) is 10.3 Å². The largest absolute Gasteiger partial charge is 0.444 e. The van der Waals surface area contributed by atoms with Crippen LogP contribution in [0, 0.1) is 10.8 Å². The van der Waals surface area contributed by atoms with Crippen molar-refractivity contribution in [1.29, 1.82) is 0 Å². The second-order valence-corrected chi connectivity index (χ2v) is 5.99. The van der Waals surface area contributed by atoms with Crippen LogP contribution in [0.4, 0.5) is 0 Å². The number of aromatic nitrogens is 1. The Labute approximate surface area is 97.6 Å². The molecule has 1 aliphatic rings. The van der Waals surface area contributed by atoms with Crippen LogP contribution in [0.25, 0.3) is 0 Å². The molecule has 1 aromatic rings. The van der Waals surface area contributed by atoms with E-state index in [0.717, 1.165) is 11.7 Å². The molecule has 0 amide bonds. The summed E-state index contributed by atoms with van der Waals surface area (Å²) in [6.07, 6.45) is 1.89. The second kappa shape index (κ2) is 3.33. The van der Waals surface area contributed by atoms with Crippen molar-refractivity contribution in [3.8, 4) is 0 Å². The minimum atomic E-state index is 0.179. The summed E-state index contributed by atoms with van der Waals surface area (Å²) in [6, 6.07) is 0.179. The summed E-state index contributed by atoms with van der Waals surface area (Å²) in [4.78, 5) is 4.35. The van der Waals surface area contributed by atoms with Gasteiger partial charge in [0.25, 0.3) is 0 Å². The Bertz CT molecular complexity index is 378. The van der Waals surface area contributed by atoms with E-state index in [4.69, 9.17) is 4.42 Å². The predicted octanol–water partition coefficient (Wildman–Crippen LogP) is 3.10. The summed E-state index contributed by atoms with van der Waals surface area (Å²) in [7, 11) is 1.92. The molecule has 1 atom stereocenters. The molecule has 0 aromatic carbocycles. The van der Waals surface area contributed by atoms with Crippen LogP contribution in [0.3, 0.4) is 0 Å². The monoisotopic (exact) mass is 222 g/mol. The van der Waals surface area contributed by atoms with Gasteiger partial charge >= 0.3 is 0 Å². The van der Waals surface area contributed by atoms with Crippen LogP contribution in [0.5, 0.6) is 0 Å². The smallest absolute Gasteiger partial charge is 0.211 e. The van der Waals surface area contributed by atoms with Gasteiger partial charge in [0.2, 0.25) is 5.89 Å². The van der Waals surface area contributed by atoms with Crippen LogP contribution in [0.15, 0.2) is 10.6 Å². The first-order chi connectivity index (χ1) is 7.32. The lowest BCUT2D eigenvalue weighted by atomic mass is 10.0. The SMILES string of the molecule is CNC(C)c1ncc(C2C(C)(C)C2(C)C)o1. The molecular formula is C13H22N2O. The van der Waals surface area contributed by atoms with E-state index in [1.807, 2.05) is 13.2 Å². The maximum Gasteiger partial charge on any atom is 0.211 e. The normalized spacial score (nSPS) is 24.4. The molecule has 1 N–H and O–H groups in total. The van der Waals surface area contributed by atoms with Crippen molar-refractivity contribution in [2.75, 3.05) is 7.05 Å². The second-order valence-electron chi connectivity index (χ2n) is 5.99. The summed E-state index contributed by atoms with van der Waals surface area (Å²) in [5, 5.41) is 3.14. The lowest BCUT2D eigenvalue weighted by Crippen LogP contribution is -2.12. The number of nitrogens with one attached hydrogen (secondary N) is 1. The van der Waals surface area contributed by atoms with Crippen LogP contribution in [0.1, 0.15) is 58.2 Å². The third-order valence-electron chi connectivity index (χ3n) is 4.65. The Morgan fingerprint density at radius 1 is 1.31 bits per heavy atom. The maximum absolute atomic E-state index is 5.86. The highest BCUT2D eigenvalue weighted by Crippen LogP contribution is 2.73. The van der Waals surface area contributed by atoms with Crippen LogP contribution in [-0.4, -0.2) is 12.0 Å². The topological polar surface area (TPSA) is 38.1 Å². The number of hydrogen-bond donors (Lipinski definition) is 1. The zero-order valence-corrected chi connectivity index (χ0v) is 11.1. The van der Waals surface area contributed by atoms with E-state index < -0.39 is 0 Å². The molecule has 1 fully saturated rings. The molecule has 3 heteroatoms. The van der Waals surface area contributed by atoms with Gasteiger partial charge in [-0.05, 0) is 24.8 Å². The van der Waals surface area contributed by atoms with E-state index in [1.54, 1.807) is 0 Å². The molecule has 1 heterocycles. The van der Waals surface area contributed by atoms with Gasteiger partial charge in [0, 0.05) is 5.92 Å². The summed E-state index contributed by atoms with van der Waals surface area (Å²) in [5.41, 5.74) is 0.624. The lowest BCUT2D eigenvalue weighted by Gasteiger charge is -2.04. The Morgan fingerprint density at radius 3 is 2.31 bits per heavy atom. The molecular weight excluding hydrogens is 200 g/mol. The summed E-state index contributed by atoms with van der Waals surface area (Å²) < 4.78 is 5.86. The molecule has 0 bridgehead atoms. The van der Waals surface area contributed by atoms with Crippen molar-refractivity contribution < 1.29 is 4.42 Å². The average Bonchev–Trinajstić information content (AvgIpc) is 2.60. The van der Waals surface area contributed by atoms with Crippen LogP contribution in [-0.2, 0) is 0 Å². The van der Waals surface area contributed by atoms with Crippen molar-refractivity contribution >= 4 is 0 Å². The van der Waals surface area contributed by atoms with Gasteiger partial charge in [-0.1, -0.05) is 27.7 Å². The van der Waals surface area contributed by atoms with Gasteiger partial charge < -0.3 is 9.73 Å². The summed E-state index contributed by atoms with van der Waals surface area (Å²) >= 11 is 0. The van der Waals surface area contributed by atoms with E-state index in [1.165, 1.54) is 0 Å². The number of hydrogen-bond acceptors (Lipinski definition) is 3. The van der Waals surface area contributed by atoms with Crippen molar-refractivity contribution in [2.45, 2.75) is 46.6 Å². The maximum atomic E-state index is 5.86. The highest BCUT2D eigenvalue weighted by Gasteiger charge is 2.66. The van der Waals surface area contributed by atoms with Gasteiger partial charge in [-0.15, -0.1) is 0 Å². The molecule has 0 saturated heterocycles. The standard InChI is InChI=1S/C13H22N2O/c1-8(14-6)11-15-7-9(16-11)10-12(2,3)13(10,4)5/h7-8,10,14H,1-6H3. The Balaban J connectivity index is 2.22. The molecule has 1 aliphatic carbocycles. The molecule has 16 heavy (non-hydrogen) atoms. The van der Waals surface area contributed by atoms with E-state index in [0.29, 0.717) is 16.7 Å². The fourth-order valence-corrected chi connectivity index (χ4v) is 2.67. The third kappa shape index (κ3) is 1.41. The quantitative estimate of drug-likeness (QED) is 0.854. The third-order valence-corrected chi connectivity index (χ3v) is 4.65. The van der Waals surface area contributed by atoms with Gasteiger partial charge in [0.05, 0.1) is 12.2 Å². The first-order valence-electron chi connectivity index (χ1n) is 5.95. The molecule has 0 aliphatic heterocycles. The number of rotatable bonds is 3. The van der Waals surface area contributed by atoms with Crippen molar-refractivity contribution in [3.05, 3.63) is 17.8 Å². The predicted molar refractivity (Wildman–Crippen MR) is 64.3 cm³/mol. The minimum absolute atomic E-state index is 0.179. The van der Waals surface area contributed by atoms with E-state index in [-0.39, 0.29) is 6.04 Å². The fraction of sp³-hybridized carbons (Fsp3) is 0.769.